The number of aromatic nitrogens is 1. The third-order valence-electron chi connectivity index (χ3n) is 4.68. The Balaban J connectivity index is 1.74. The highest BCUT2D eigenvalue weighted by molar-refractivity contribution is 6.00. The number of ether oxygens (including phenoxy) is 1. The molecule has 5 heteroatoms. The van der Waals surface area contributed by atoms with Crippen molar-refractivity contribution in [3.63, 3.8) is 0 Å². The number of nitrogens with one attached hydrogen (secondary N) is 1. The third-order valence-corrected chi connectivity index (χ3v) is 4.68. The zero-order valence-corrected chi connectivity index (χ0v) is 14.4. The standard InChI is InChI=1S/C19H25N3O2/c1-3-15-12-18(16-6-4-5-7-17(16)20-15)21-19(23)22-10-8-14(9-11-22)13-24-2/h4-7,12,14H,3,8-11,13H2,1-2H3,(H,20,21,23). The summed E-state index contributed by atoms with van der Waals surface area (Å²) in [5.41, 5.74) is 2.76. The van der Waals surface area contributed by atoms with Gasteiger partial charge in [-0.05, 0) is 37.3 Å². The minimum atomic E-state index is -0.0238. The summed E-state index contributed by atoms with van der Waals surface area (Å²) in [4.78, 5) is 19.2. The molecule has 0 aliphatic carbocycles. The van der Waals surface area contributed by atoms with Gasteiger partial charge in [0.15, 0.2) is 0 Å². The second kappa shape index (κ2) is 7.62. The molecule has 1 fully saturated rings. The predicted molar refractivity (Wildman–Crippen MR) is 96.3 cm³/mol. The van der Waals surface area contributed by atoms with Crippen LogP contribution < -0.4 is 5.32 Å². The number of amides is 2. The van der Waals surface area contributed by atoms with E-state index >= 15 is 0 Å². The number of nitrogens with zero attached hydrogens (tertiary/aromatic N) is 2. The molecule has 1 aromatic heterocycles. The Bertz CT molecular complexity index is 709. The molecular formula is C19H25N3O2. The van der Waals surface area contributed by atoms with Crippen LogP contribution in [0.1, 0.15) is 25.5 Å². The van der Waals surface area contributed by atoms with Crippen LogP contribution in [0.25, 0.3) is 10.9 Å². The van der Waals surface area contributed by atoms with Crippen LogP contribution in [-0.4, -0.2) is 42.7 Å². The predicted octanol–water partition coefficient (Wildman–Crippen LogP) is 3.69. The number of anilines is 1. The van der Waals surface area contributed by atoms with Gasteiger partial charge in [0, 0.05) is 37.9 Å². The number of para-hydroxylation sites is 1. The topological polar surface area (TPSA) is 54.5 Å². The molecule has 1 aliphatic heterocycles. The van der Waals surface area contributed by atoms with Crippen LogP contribution in [0.2, 0.25) is 0 Å². The first-order valence-electron chi connectivity index (χ1n) is 8.64. The molecule has 1 aromatic carbocycles. The minimum Gasteiger partial charge on any atom is -0.384 e. The fourth-order valence-electron chi connectivity index (χ4n) is 3.25. The summed E-state index contributed by atoms with van der Waals surface area (Å²) in [7, 11) is 1.74. The maximum atomic E-state index is 12.6. The first-order chi connectivity index (χ1) is 11.7. The fraction of sp³-hybridized carbons (Fsp3) is 0.474. The lowest BCUT2D eigenvalue weighted by Gasteiger charge is -2.31. The van der Waals surface area contributed by atoms with Gasteiger partial charge < -0.3 is 15.0 Å². The summed E-state index contributed by atoms with van der Waals surface area (Å²) >= 11 is 0. The van der Waals surface area contributed by atoms with E-state index in [0.29, 0.717) is 5.92 Å². The van der Waals surface area contributed by atoms with Crippen LogP contribution in [0.3, 0.4) is 0 Å². The maximum absolute atomic E-state index is 12.6. The van der Waals surface area contributed by atoms with E-state index in [4.69, 9.17) is 4.74 Å². The van der Waals surface area contributed by atoms with E-state index < -0.39 is 0 Å². The molecule has 2 aromatic rings. The molecule has 24 heavy (non-hydrogen) atoms. The molecule has 2 heterocycles. The van der Waals surface area contributed by atoms with Crippen LogP contribution in [0.5, 0.6) is 0 Å². The van der Waals surface area contributed by atoms with Gasteiger partial charge in [-0.1, -0.05) is 25.1 Å². The molecule has 0 bridgehead atoms. The van der Waals surface area contributed by atoms with Crippen molar-refractivity contribution >= 4 is 22.6 Å². The molecule has 1 N–H and O–H groups in total. The summed E-state index contributed by atoms with van der Waals surface area (Å²) < 4.78 is 5.22. The number of piperidine rings is 1. The SMILES string of the molecule is CCc1cc(NC(=O)N2CCC(COC)CC2)c2ccccc2n1. The number of hydrogen-bond acceptors (Lipinski definition) is 3. The number of fused-ring (bicyclic) bond motifs is 1. The number of benzene rings is 1. The van der Waals surface area contributed by atoms with Crippen molar-refractivity contribution in [2.75, 3.05) is 32.1 Å². The molecule has 0 radical (unpaired) electrons. The lowest BCUT2D eigenvalue weighted by Crippen LogP contribution is -2.41. The Labute approximate surface area is 143 Å². The van der Waals surface area contributed by atoms with Gasteiger partial charge in [-0.25, -0.2) is 4.79 Å². The van der Waals surface area contributed by atoms with Crippen LogP contribution >= 0.6 is 0 Å². The summed E-state index contributed by atoms with van der Waals surface area (Å²) in [6.07, 6.45) is 2.84. The summed E-state index contributed by atoms with van der Waals surface area (Å²) in [5, 5.41) is 4.08. The Hall–Kier alpha value is -2.14. The van der Waals surface area contributed by atoms with Gasteiger partial charge in [0.05, 0.1) is 11.2 Å². The van der Waals surface area contributed by atoms with Gasteiger partial charge in [0.1, 0.15) is 0 Å². The molecule has 0 unspecified atom stereocenters. The van der Waals surface area contributed by atoms with E-state index in [1.54, 1.807) is 7.11 Å². The molecule has 0 atom stereocenters. The van der Waals surface area contributed by atoms with Gasteiger partial charge in [-0.3, -0.25) is 4.98 Å². The molecule has 0 saturated carbocycles. The second-order valence-corrected chi connectivity index (χ2v) is 6.35. The van der Waals surface area contributed by atoms with Gasteiger partial charge >= 0.3 is 6.03 Å². The Kier molecular flexibility index (Phi) is 5.30. The van der Waals surface area contributed by atoms with Crippen molar-refractivity contribution in [2.45, 2.75) is 26.2 Å². The van der Waals surface area contributed by atoms with E-state index in [9.17, 15) is 4.79 Å². The number of urea groups is 1. The van der Waals surface area contributed by atoms with Gasteiger partial charge in [-0.2, -0.15) is 0 Å². The monoisotopic (exact) mass is 327 g/mol. The molecule has 2 amide bonds. The number of carbonyl (C=O) groups excluding carboxylic acids is 1. The lowest BCUT2D eigenvalue weighted by atomic mass is 9.98. The Morgan fingerprint density at radius 3 is 2.79 bits per heavy atom. The summed E-state index contributed by atoms with van der Waals surface area (Å²) in [5.74, 6) is 0.562. The van der Waals surface area contributed by atoms with E-state index in [2.05, 4.69) is 17.2 Å². The largest absolute Gasteiger partial charge is 0.384 e. The number of carbonyl (C=O) groups is 1. The lowest BCUT2D eigenvalue weighted by molar-refractivity contribution is 0.110. The Morgan fingerprint density at radius 1 is 1.33 bits per heavy atom. The van der Waals surface area contributed by atoms with Crippen molar-refractivity contribution in [3.05, 3.63) is 36.0 Å². The maximum Gasteiger partial charge on any atom is 0.321 e. The molecule has 1 saturated heterocycles. The molecule has 5 nitrogen and oxygen atoms in total. The van der Waals surface area contributed by atoms with Crippen molar-refractivity contribution in [1.82, 2.24) is 9.88 Å². The number of methoxy groups -OCH3 is 1. The zero-order chi connectivity index (χ0) is 16.9. The molecule has 0 spiro atoms. The van der Waals surface area contributed by atoms with Crippen LogP contribution in [0.4, 0.5) is 10.5 Å². The first-order valence-corrected chi connectivity index (χ1v) is 8.64. The van der Waals surface area contributed by atoms with E-state index in [0.717, 1.165) is 61.2 Å². The highest BCUT2D eigenvalue weighted by Gasteiger charge is 2.23. The van der Waals surface area contributed by atoms with Crippen molar-refractivity contribution < 1.29 is 9.53 Å². The Morgan fingerprint density at radius 2 is 2.08 bits per heavy atom. The second-order valence-electron chi connectivity index (χ2n) is 6.35. The average molecular weight is 327 g/mol. The minimum absolute atomic E-state index is 0.0238. The fourth-order valence-corrected chi connectivity index (χ4v) is 3.25. The van der Waals surface area contributed by atoms with Crippen LogP contribution in [-0.2, 0) is 11.2 Å². The number of hydrogen-bond donors (Lipinski definition) is 1. The summed E-state index contributed by atoms with van der Waals surface area (Å²) in [6, 6.07) is 9.90. The smallest absolute Gasteiger partial charge is 0.321 e. The zero-order valence-electron chi connectivity index (χ0n) is 14.4. The van der Waals surface area contributed by atoms with Gasteiger partial charge in [-0.15, -0.1) is 0 Å². The molecule has 128 valence electrons. The normalized spacial score (nSPS) is 15.7. The van der Waals surface area contributed by atoms with Crippen LogP contribution in [0.15, 0.2) is 30.3 Å². The number of likely N-dealkylation sites (tertiary alicyclic amines) is 1. The van der Waals surface area contributed by atoms with Crippen LogP contribution in [0, 0.1) is 5.92 Å². The first kappa shape index (κ1) is 16.7. The average Bonchev–Trinajstić information content (AvgIpc) is 2.62. The van der Waals surface area contributed by atoms with E-state index in [-0.39, 0.29) is 6.03 Å². The molecule has 1 aliphatic rings. The van der Waals surface area contributed by atoms with Gasteiger partial charge in [0.25, 0.3) is 0 Å². The van der Waals surface area contributed by atoms with E-state index in [1.807, 2.05) is 35.2 Å². The van der Waals surface area contributed by atoms with Crippen molar-refractivity contribution in [2.24, 2.45) is 5.92 Å². The molecule has 3 rings (SSSR count). The third kappa shape index (κ3) is 3.67. The number of rotatable bonds is 4. The van der Waals surface area contributed by atoms with E-state index in [1.165, 1.54) is 0 Å². The van der Waals surface area contributed by atoms with Gasteiger partial charge in [0.2, 0.25) is 0 Å². The van der Waals surface area contributed by atoms with Crippen molar-refractivity contribution in [1.29, 1.82) is 0 Å². The summed E-state index contributed by atoms with van der Waals surface area (Å²) in [6.45, 7) is 4.42. The quantitative estimate of drug-likeness (QED) is 0.932. The van der Waals surface area contributed by atoms with Crippen molar-refractivity contribution in [3.8, 4) is 0 Å². The number of aryl methyl sites for hydroxylation is 1. The highest BCUT2D eigenvalue weighted by atomic mass is 16.5. The molecular weight excluding hydrogens is 302 g/mol. The highest BCUT2D eigenvalue weighted by Crippen LogP contribution is 2.25. The number of pyridine rings is 1.